The zero-order valence-electron chi connectivity index (χ0n) is 10.3. The highest BCUT2D eigenvalue weighted by molar-refractivity contribution is 9.10. The highest BCUT2D eigenvalue weighted by Gasteiger charge is 2.05. The summed E-state index contributed by atoms with van der Waals surface area (Å²) in [6.45, 7) is 0.585. The average molecular weight is 339 g/mol. The van der Waals surface area contributed by atoms with Crippen LogP contribution in [0.3, 0.4) is 0 Å². The Balaban J connectivity index is 1.94. The molecule has 0 amide bonds. The number of non-ortho nitro benzene ring substituents is 1. The predicted molar refractivity (Wildman–Crippen MR) is 77.8 cm³/mol. The summed E-state index contributed by atoms with van der Waals surface area (Å²) >= 11 is 3.17. The zero-order valence-corrected chi connectivity index (χ0v) is 11.9. The van der Waals surface area contributed by atoms with E-state index < -0.39 is 4.92 Å². The Morgan fingerprint density at radius 3 is 2.70 bits per heavy atom. The lowest BCUT2D eigenvalue weighted by atomic mass is 10.1. The highest BCUT2D eigenvalue weighted by Crippen LogP contribution is 2.16. The van der Waals surface area contributed by atoms with E-state index in [0.29, 0.717) is 23.1 Å². The van der Waals surface area contributed by atoms with Crippen LogP contribution in [-0.2, 0) is 6.42 Å². The number of nitrogens with zero attached hydrogens (tertiary/aromatic N) is 2. The van der Waals surface area contributed by atoms with Gasteiger partial charge in [0.1, 0.15) is 4.47 Å². The van der Waals surface area contributed by atoms with Gasteiger partial charge in [-0.05, 0) is 27.9 Å². The van der Waals surface area contributed by atoms with Gasteiger partial charge in [-0.2, -0.15) is 5.10 Å². The Labute approximate surface area is 122 Å². The fraction of sp³-hybridized carbons (Fsp3) is 0.167. The number of aromatic nitrogens is 2. The first-order chi connectivity index (χ1) is 9.58. The number of halogens is 1. The standard InChI is InChI=1S/C12H11BrN4O3/c13-11-10(7-15-16-12(11)18)14-6-5-8-1-3-9(4-2-8)17(19)20/h1-4,7H,5-6H2,(H2,14,16,18). The van der Waals surface area contributed by atoms with E-state index in [0.717, 1.165) is 5.56 Å². The van der Waals surface area contributed by atoms with E-state index >= 15 is 0 Å². The molecule has 104 valence electrons. The van der Waals surface area contributed by atoms with Crippen molar-refractivity contribution in [1.29, 1.82) is 0 Å². The van der Waals surface area contributed by atoms with Crippen molar-refractivity contribution >= 4 is 27.3 Å². The molecule has 7 nitrogen and oxygen atoms in total. The van der Waals surface area contributed by atoms with E-state index in [1.54, 1.807) is 12.1 Å². The summed E-state index contributed by atoms with van der Waals surface area (Å²) in [7, 11) is 0. The van der Waals surface area contributed by atoms with Crippen LogP contribution in [0.1, 0.15) is 5.56 Å². The third-order valence-corrected chi connectivity index (χ3v) is 3.46. The summed E-state index contributed by atoms with van der Waals surface area (Å²) in [6, 6.07) is 6.37. The van der Waals surface area contributed by atoms with Gasteiger partial charge in [0.15, 0.2) is 0 Å². The van der Waals surface area contributed by atoms with Crippen LogP contribution in [-0.4, -0.2) is 21.7 Å². The van der Waals surface area contributed by atoms with Crippen LogP contribution in [0.4, 0.5) is 11.4 Å². The Kier molecular flexibility index (Phi) is 4.46. The Morgan fingerprint density at radius 1 is 1.35 bits per heavy atom. The van der Waals surface area contributed by atoms with Gasteiger partial charge in [0, 0.05) is 18.7 Å². The van der Waals surface area contributed by atoms with Gasteiger partial charge in [0.05, 0.1) is 16.8 Å². The van der Waals surface area contributed by atoms with E-state index in [-0.39, 0.29) is 11.2 Å². The molecule has 0 bridgehead atoms. The zero-order chi connectivity index (χ0) is 14.5. The van der Waals surface area contributed by atoms with Gasteiger partial charge < -0.3 is 5.32 Å². The van der Waals surface area contributed by atoms with E-state index in [4.69, 9.17) is 0 Å². The van der Waals surface area contributed by atoms with Gasteiger partial charge in [0.25, 0.3) is 11.2 Å². The molecule has 0 unspecified atom stereocenters. The van der Waals surface area contributed by atoms with Crippen LogP contribution in [0, 0.1) is 10.1 Å². The normalized spacial score (nSPS) is 10.2. The number of hydrogen-bond acceptors (Lipinski definition) is 5. The molecule has 2 rings (SSSR count). The van der Waals surface area contributed by atoms with Crippen LogP contribution < -0.4 is 10.9 Å². The van der Waals surface area contributed by atoms with Gasteiger partial charge in [-0.3, -0.25) is 14.9 Å². The second kappa shape index (κ2) is 6.29. The number of nitro benzene ring substituents is 1. The molecule has 0 aliphatic rings. The van der Waals surface area contributed by atoms with E-state index in [1.807, 2.05) is 0 Å². The minimum Gasteiger partial charge on any atom is -0.382 e. The molecule has 0 fully saturated rings. The molecule has 20 heavy (non-hydrogen) atoms. The fourth-order valence-corrected chi connectivity index (χ4v) is 1.96. The number of nitro groups is 1. The number of H-pyrrole nitrogens is 1. The number of nitrogens with one attached hydrogen (secondary N) is 2. The van der Waals surface area contributed by atoms with Crippen molar-refractivity contribution in [2.24, 2.45) is 0 Å². The molecule has 0 atom stereocenters. The molecule has 1 heterocycles. The first kappa shape index (κ1) is 14.2. The van der Waals surface area contributed by atoms with E-state index in [9.17, 15) is 14.9 Å². The molecule has 2 N–H and O–H groups in total. The van der Waals surface area contributed by atoms with E-state index in [1.165, 1.54) is 18.3 Å². The largest absolute Gasteiger partial charge is 0.382 e. The Morgan fingerprint density at radius 2 is 2.05 bits per heavy atom. The smallest absolute Gasteiger partial charge is 0.280 e. The van der Waals surface area contributed by atoms with Crippen molar-refractivity contribution in [2.45, 2.75) is 6.42 Å². The molecule has 0 saturated carbocycles. The van der Waals surface area contributed by atoms with E-state index in [2.05, 4.69) is 31.4 Å². The lowest BCUT2D eigenvalue weighted by Crippen LogP contribution is -2.13. The number of hydrogen-bond donors (Lipinski definition) is 2. The quantitative estimate of drug-likeness (QED) is 0.642. The highest BCUT2D eigenvalue weighted by atomic mass is 79.9. The summed E-state index contributed by atoms with van der Waals surface area (Å²) in [4.78, 5) is 21.4. The van der Waals surface area contributed by atoms with Crippen molar-refractivity contribution in [3.05, 3.63) is 61.0 Å². The van der Waals surface area contributed by atoms with Gasteiger partial charge in [-0.1, -0.05) is 12.1 Å². The minimum atomic E-state index is -0.430. The lowest BCUT2D eigenvalue weighted by Gasteiger charge is -2.07. The molecule has 0 radical (unpaired) electrons. The molecule has 1 aromatic heterocycles. The number of benzene rings is 1. The molecule has 8 heteroatoms. The van der Waals surface area contributed by atoms with Crippen LogP contribution in [0.25, 0.3) is 0 Å². The summed E-state index contributed by atoms with van der Waals surface area (Å²) in [6.07, 6.45) is 2.19. The second-order valence-corrected chi connectivity index (χ2v) is 4.82. The second-order valence-electron chi connectivity index (χ2n) is 4.03. The van der Waals surface area contributed by atoms with Crippen molar-refractivity contribution in [3.8, 4) is 0 Å². The van der Waals surface area contributed by atoms with Crippen LogP contribution in [0.5, 0.6) is 0 Å². The Hall–Kier alpha value is -2.22. The maximum atomic E-state index is 11.3. The van der Waals surface area contributed by atoms with Crippen molar-refractivity contribution in [3.63, 3.8) is 0 Å². The molecule has 0 aliphatic heterocycles. The summed E-state index contributed by atoms with van der Waals surface area (Å²) in [5.74, 6) is 0. The first-order valence-electron chi connectivity index (χ1n) is 5.78. The van der Waals surface area contributed by atoms with Gasteiger partial charge >= 0.3 is 0 Å². The third kappa shape index (κ3) is 3.41. The summed E-state index contributed by atoms with van der Waals surface area (Å²) < 4.78 is 0.399. The lowest BCUT2D eigenvalue weighted by molar-refractivity contribution is -0.384. The molecular formula is C12H11BrN4O3. The van der Waals surface area contributed by atoms with Gasteiger partial charge in [0.2, 0.25) is 0 Å². The van der Waals surface area contributed by atoms with Gasteiger partial charge in [-0.25, -0.2) is 5.10 Å². The molecule has 0 aliphatic carbocycles. The SMILES string of the molecule is O=c1[nH]ncc(NCCc2ccc([N+](=O)[O-])cc2)c1Br. The number of rotatable bonds is 5. The van der Waals surface area contributed by atoms with Crippen molar-refractivity contribution in [1.82, 2.24) is 10.2 Å². The monoisotopic (exact) mass is 338 g/mol. The Bertz CT molecular complexity index is 669. The first-order valence-corrected chi connectivity index (χ1v) is 6.57. The van der Waals surface area contributed by atoms with Gasteiger partial charge in [-0.15, -0.1) is 0 Å². The predicted octanol–water partition coefficient (Wildman–Crippen LogP) is 2.10. The molecule has 0 saturated heterocycles. The summed E-state index contributed by atoms with van der Waals surface area (Å²) in [5.41, 5.74) is 1.35. The number of anilines is 1. The molecule has 0 spiro atoms. The maximum Gasteiger partial charge on any atom is 0.280 e. The number of aromatic amines is 1. The fourth-order valence-electron chi connectivity index (χ4n) is 1.63. The summed E-state index contributed by atoms with van der Waals surface area (Å²) in [5, 5.41) is 19.6. The van der Waals surface area contributed by atoms with Crippen LogP contribution in [0.15, 0.2) is 39.7 Å². The molecular weight excluding hydrogens is 328 g/mol. The third-order valence-electron chi connectivity index (χ3n) is 2.67. The average Bonchev–Trinajstić information content (AvgIpc) is 2.44. The van der Waals surface area contributed by atoms with Crippen molar-refractivity contribution in [2.75, 3.05) is 11.9 Å². The van der Waals surface area contributed by atoms with Crippen molar-refractivity contribution < 1.29 is 4.92 Å². The maximum absolute atomic E-state index is 11.3. The van der Waals surface area contributed by atoms with Crippen LogP contribution >= 0.6 is 15.9 Å². The minimum absolute atomic E-state index is 0.0725. The molecule has 2 aromatic rings. The molecule has 1 aromatic carbocycles. The van der Waals surface area contributed by atoms with Crippen LogP contribution in [0.2, 0.25) is 0 Å². The topological polar surface area (TPSA) is 101 Å².